The van der Waals surface area contributed by atoms with Crippen molar-refractivity contribution in [2.75, 3.05) is 18.5 Å². The van der Waals surface area contributed by atoms with Gasteiger partial charge in [-0.15, -0.1) is 0 Å². The van der Waals surface area contributed by atoms with Gasteiger partial charge in [-0.3, -0.25) is 23.3 Å². The van der Waals surface area contributed by atoms with Crippen molar-refractivity contribution < 1.29 is 36.4 Å². The van der Waals surface area contributed by atoms with Crippen molar-refractivity contribution in [2.24, 2.45) is 0 Å². The SMILES string of the molecule is Cc1ccc(S(=O)(=O)O[C@H]2[C@@H](O)[C@H](n3cc(F)c(=O)[nH]c3=O)O[C@@H]2COC(=O)CNc2ccccc2)cc1. The summed E-state index contributed by atoms with van der Waals surface area (Å²) >= 11 is 0. The van der Waals surface area contributed by atoms with Crippen molar-refractivity contribution in [3.8, 4) is 0 Å². The van der Waals surface area contributed by atoms with Gasteiger partial charge in [0, 0.05) is 5.69 Å². The largest absolute Gasteiger partial charge is 0.461 e. The number of rotatable bonds is 9. The molecular weight excluding hydrogens is 525 g/mol. The fraction of sp³-hybridized carbons (Fsp3) is 0.292. The summed E-state index contributed by atoms with van der Waals surface area (Å²) in [5, 5.41) is 13.7. The molecule has 0 saturated carbocycles. The number of aromatic amines is 1. The molecule has 0 unspecified atom stereocenters. The Morgan fingerprint density at radius 1 is 1.16 bits per heavy atom. The lowest BCUT2D eigenvalue weighted by atomic mass is 10.1. The van der Waals surface area contributed by atoms with Crippen LogP contribution in [-0.2, 0) is 28.6 Å². The second-order valence-electron chi connectivity index (χ2n) is 8.43. The molecule has 202 valence electrons. The standard InChI is InChI=1S/C24H24FN3O9S/c1-14-7-9-16(10-8-14)38(33,34)37-21-18(13-35-19(29)11-26-15-5-3-2-4-6-15)36-23(20(21)30)28-12-17(25)22(31)27-24(28)32/h2-10,12,18,20-21,23,26,30H,11,13H2,1H3,(H,27,31,32)/t18-,20-,21-,23-/m1/s1. The van der Waals surface area contributed by atoms with E-state index in [-0.39, 0.29) is 11.4 Å². The van der Waals surface area contributed by atoms with Crippen molar-refractivity contribution in [3.05, 3.63) is 93.0 Å². The van der Waals surface area contributed by atoms with E-state index >= 15 is 0 Å². The molecule has 0 aliphatic carbocycles. The molecule has 0 amide bonds. The monoisotopic (exact) mass is 549 g/mol. The van der Waals surface area contributed by atoms with Crippen LogP contribution < -0.4 is 16.6 Å². The van der Waals surface area contributed by atoms with E-state index in [9.17, 15) is 32.3 Å². The summed E-state index contributed by atoms with van der Waals surface area (Å²) in [4.78, 5) is 37.5. The second kappa shape index (κ2) is 11.3. The van der Waals surface area contributed by atoms with E-state index in [0.717, 1.165) is 5.56 Å². The molecule has 1 aliphatic rings. The van der Waals surface area contributed by atoms with E-state index in [4.69, 9.17) is 13.7 Å². The Hall–Kier alpha value is -3.85. The first kappa shape index (κ1) is 27.2. The lowest BCUT2D eigenvalue weighted by molar-refractivity contribution is -0.147. The number of benzene rings is 2. The number of ether oxygens (including phenoxy) is 2. The second-order valence-corrected chi connectivity index (χ2v) is 10.0. The number of carbonyl (C=O) groups is 1. The first-order chi connectivity index (χ1) is 18.0. The number of aliphatic hydroxyl groups is 1. The summed E-state index contributed by atoms with van der Waals surface area (Å²) < 4.78 is 56.3. The molecule has 0 spiro atoms. The van der Waals surface area contributed by atoms with Crippen molar-refractivity contribution in [2.45, 2.75) is 36.4 Å². The summed E-state index contributed by atoms with van der Waals surface area (Å²) in [7, 11) is -4.45. The molecule has 4 atom stereocenters. The third-order valence-electron chi connectivity index (χ3n) is 5.67. The predicted molar refractivity (Wildman–Crippen MR) is 130 cm³/mol. The molecule has 0 bridgehead atoms. The van der Waals surface area contributed by atoms with Crippen molar-refractivity contribution in [1.82, 2.24) is 9.55 Å². The zero-order chi connectivity index (χ0) is 27.4. The minimum Gasteiger partial charge on any atom is -0.461 e. The molecule has 3 aromatic rings. The molecule has 12 nitrogen and oxygen atoms in total. The molecule has 1 aromatic heterocycles. The number of nitrogens with zero attached hydrogens (tertiary/aromatic N) is 1. The smallest absolute Gasteiger partial charge is 0.330 e. The fourth-order valence-electron chi connectivity index (χ4n) is 3.72. The molecule has 0 radical (unpaired) electrons. The van der Waals surface area contributed by atoms with E-state index in [1.165, 1.54) is 12.1 Å². The van der Waals surface area contributed by atoms with Crippen LogP contribution in [0.3, 0.4) is 0 Å². The zero-order valence-corrected chi connectivity index (χ0v) is 20.8. The number of aliphatic hydroxyl groups excluding tert-OH is 1. The molecule has 2 aromatic carbocycles. The minimum atomic E-state index is -4.45. The van der Waals surface area contributed by atoms with Crippen LogP contribution in [0.25, 0.3) is 0 Å². The van der Waals surface area contributed by atoms with Gasteiger partial charge >= 0.3 is 11.7 Å². The molecule has 1 aliphatic heterocycles. The summed E-state index contributed by atoms with van der Waals surface area (Å²) in [5.74, 6) is -2.07. The highest BCUT2D eigenvalue weighted by atomic mass is 32.2. The number of hydrogen-bond donors (Lipinski definition) is 3. The van der Waals surface area contributed by atoms with Crippen LogP contribution in [-0.4, -0.2) is 60.5 Å². The maximum absolute atomic E-state index is 13.9. The Labute approximate surface area is 215 Å². The van der Waals surface area contributed by atoms with E-state index in [1.807, 2.05) is 0 Å². The van der Waals surface area contributed by atoms with E-state index in [2.05, 4.69) is 5.32 Å². The number of para-hydroxylation sites is 1. The van der Waals surface area contributed by atoms with E-state index in [0.29, 0.717) is 16.5 Å². The van der Waals surface area contributed by atoms with Crippen molar-refractivity contribution in [3.63, 3.8) is 0 Å². The number of aryl methyl sites for hydroxylation is 1. The van der Waals surface area contributed by atoms with Gasteiger partial charge in [-0.25, -0.2) is 4.79 Å². The topological polar surface area (TPSA) is 166 Å². The van der Waals surface area contributed by atoms with Crippen LogP contribution in [0.2, 0.25) is 0 Å². The Balaban J connectivity index is 1.55. The third kappa shape index (κ3) is 6.16. The molecule has 1 fully saturated rings. The van der Waals surface area contributed by atoms with Gasteiger partial charge in [-0.2, -0.15) is 12.8 Å². The summed E-state index contributed by atoms with van der Waals surface area (Å²) in [6, 6.07) is 14.5. The first-order valence-electron chi connectivity index (χ1n) is 11.3. The van der Waals surface area contributed by atoms with Crippen LogP contribution >= 0.6 is 0 Å². The fourth-order valence-corrected chi connectivity index (χ4v) is 4.83. The maximum Gasteiger partial charge on any atom is 0.330 e. The highest BCUT2D eigenvalue weighted by Crippen LogP contribution is 2.33. The summed E-state index contributed by atoms with van der Waals surface area (Å²) in [6.07, 6.45) is -6.05. The number of nitrogens with one attached hydrogen (secondary N) is 2. The number of aromatic nitrogens is 2. The van der Waals surface area contributed by atoms with Crippen molar-refractivity contribution >= 4 is 21.8 Å². The van der Waals surface area contributed by atoms with E-state index in [1.54, 1.807) is 54.4 Å². The van der Waals surface area contributed by atoms with Gasteiger partial charge < -0.3 is 19.9 Å². The predicted octanol–water partition coefficient (Wildman–Crippen LogP) is 0.672. The highest BCUT2D eigenvalue weighted by Gasteiger charge is 2.49. The lowest BCUT2D eigenvalue weighted by Gasteiger charge is -2.20. The normalized spacial score (nSPS) is 21.2. The average molecular weight is 550 g/mol. The maximum atomic E-state index is 13.9. The van der Waals surface area contributed by atoms with Gasteiger partial charge in [0.2, 0.25) is 5.82 Å². The van der Waals surface area contributed by atoms with Gasteiger partial charge in [0.1, 0.15) is 31.5 Å². The van der Waals surface area contributed by atoms with Crippen LogP contribution in [0.15, 0.2) is 75.3 Å². The molecule has 14 heteroatoms. The Bertz CT molecular complexity index is 1510. The quantitative estimate of drug-likeness (QED) is 0.255. The molecule has 1 saturated heterocycles. The summed E-state index contributed by atoms with van der Waals surface area (Å²) in [6.45, 7) is 0.951. The molecular formula is C24H24FN3O9S. The van der Waals surface area contributed by atoms with Crippen LogP contribution in [0.1, 0.15) is 11.8 Å². The first-order valence-corrected chi connectivity index (χ1v) is 12.7. The van der Waals surface area contributed by atoms with Gasteiger partial charge in [0.15, 0.2) is 6.23 Å². The lowest BCUT2D eigenvalue weighted by Crippen LogP contribution is -2.41. The van der Waals surface area contributed by atoms with Crippen LogP contribution in [0, 0.1) is 12.7 Å². The number of halogens is 1. The molecule has 3 N–H and O–H groups in total. The third-order valence-corrected chi connectivity index (χ3v) is 7.00. The number of carbonyl (C=O) groups excluding carboxylic acids is 1. The number of esters is 1. The van der Waals surface area contributed by atoms with Gasteiger partial charge in [-0.1, -0.05) is 35.9 Å². The number of H-pyrrole nitrogens is 1. The van der Waals surface area contributed by atoms with Crippen molar-refractivity contribution in [1.29, 1.82) is 0 Å². The molecule has 38 heavy (non-hydrogen) atoms. The van der Waals surface area contributed by atoms with Gasteiger partial charge in [-0.05, 0) is 31.2 Å². The van der Waals surface area contributed by atoms with Crippen LogP contribution in [0.5, 0.6) is 0 Å². The highest BCUT2D eigenvalue weighted by molar-refractivity contribution is 7.86. The Morgan fingerprint density at radius 3 is 2.53 bits per heavy atom. The Kier molecular flexibility index (Phi) is 8.06. The minimum absolute atomic E-state index is 0.214. The van der Waals surface area contributed by atoms with Crippen LogP contribution in [0.4, 0.5) is 10.1 Å². The van der Waals surface area contributed by atoms with E-state index < -0.39 is 64.3 Å². The molecule has 4 rings (SSSR count). The van der Waals surface area contributed by atoms with Gasteiger partial charge in [0.25, 0.3) is 15.7 Å². The number of anilines is 1. The molecule has 2 heterocycles. The summed E-state index contributed by atoms with van der Waals surface area (Å²) in [5.41, 5.74) is -0.960. The van der Waals surface area contributed by atoms with Gasteiger partial charge in [0.05, 0.1) is 11.1 Å². The average Bonchev–Trinajstić information content (AvgIpc) is 3.18. The zero-order valence-electron chi connectivity index (χ0n) is 19.9. The number of hydrogen-bond acceptors (Lipinski definition) is 10. The Morgan fingerprint density at radius 2 is 1.84 bits per heavy atom.